The molecule has 1 saturated heterocycles. The minimum atomic E-state index is -0.483. The quantitative estimate of drug-likeness (QED) is 0.816. The van der Waals surface area contributed by atoms with Gasteiger partial charge in [-0.15, -0.1) is 0 Å². The molecule has 0 atom stereocenters. The summed E-state index contributed by atoms with van der Waals surface area (Å²) in [7, 11) is 0. The topological polar surface area (TPSA) is 75.4 Å². The molecule has 0 saturated carbocycles. The molecule has 3 rings (SSSR count). The highest BCUT2D eigenvalue weighted by atomic mass is 16.3. The first-order chi connectivity index (χ1) is 11.2. The van der Waals surface area contributed by atoms with Gasteiger partial charge in [-0.05, 0) is 49.2 Å². The summed E-state index contributed by atoms with van der Waals surface area (Å²) in [6.45, 7) is 1.86. The number of primary amides is 1. The van der Waals surface area contributed by atoms with Gasteiger partial charge in [0.2, 0.25) is 5.91 Å². The van der Waals surface area contributed by atoms with Crippen molar-refractivity contribution in [3.63, 3.8) is 0 Å². The van der Waals surface area contributed by atoms with Crippen molar-refractivity contribution < 1.29 is 9.90 Å². The van der Waals surface area contributed by atoms with Gasteiger partial charge < -0.3 is 16.2 Å². The normalized spacial score (nSPS) is 14.5. The fourth-order valence-electron chi connectivity index (χ4n) is 2.98. The van der Waals surface area contributed by atoms with Gasteiger partial charge in [-0.2, -0.15) is 0 Å². The van der Waals surface area contributed by atoms with Crippen molar-refractivity contribution in [2.24, 2.45) is 5.73 Å². The van der Waals surface area contributed by atoms with Crippen molar-refractivity contribution in [1.82, 2.24) is 5.32 Å². The van der Waals surface area contributed by atoms with Crippen LogP contribution >= 0.6 is 0 Å². The maximum Gasteiger partial charge on any atom is 0.249 e. The number of amides is 1. The van der Waals surface area contributed by atoms with Gasteiger partial charge in [0.1, 0.15) is 5.75 Å². The van der Waals surface area contributed by atoms with E-state index in [1.807, 2.05) is 36.4 Å². The van der Waals surface area contributed by atoms with E-state index >= 15 is 0 Å². The molecular formula is C19H20N2O2. The smallest absolute Gasteiger partial charge is 0.249 e. The Morgan fingerprint density at radius 1 is 1.09 bits per heavy atom. The van der Waals surface area contributed by atoms with E-state index in [1.165, 1.54) is 11.6 Å². The molecule has 0 unspecified atom stereocenters. The summed E-state index contributed by atoms with van der Waals surface area (Å²) >= 11 is 0. The molecule has 4 heteroatoms. The van der Waals surface area contributed by atoms with E-state index in [1.54, 1.807) is 6.07 Å². The van der Waals surface area contributed by atoms with Gasteiger partial charge >= 0.3 is 0 Å². The molecule has 1 amide bonds. The Bertz CT molecular complexity index is 743. The number of hydrogen-bond acceptors (Lipinski definition) is 3. The van der Waals surface area contributed by atoms with E-state index < -0.39 is 5.91 Å². The predicted molar refractivity (Wildman–Crippen MR) is 92.1 cm³/mol. The molecule has 0 radical (unpaired) electrons. The van der Waals surface area contributed by atoms with E-state index in [2.05, 4.69) is 5.32 Å². The third-order valence-electron chi connectivity index (χ3n) is 4.15. The number of phenols is 1. The SMILES string of the molecule is NC(=O)c1ccc(O)c(-c2ccccc2)c1C=C1CCNCC1. The van der Waals surface area contributed by atoms with E-state index in [4.69, 9.17) is 5.73 Å². The first-order valence-corrected chi connectivity index (χ1v) is 7.78. The average molecular weight is 308 g/mol. The third kappa shape index (κ3) is 3.27. The van der Waals surface area contributed by atoms with E-state index in [-0.39, 0.29) is 5.75 Å². The van der Waals surface area contributed by atoms with Crippen LogP contribution in [0.5, 0.6) is 5.75 Å². The van der Waals surface area contributed by atoms with Crippen LogP contribution < -0.4 is 11.1 Å². The molecule has 1 heterocycles. The number of carbonyl (C=O) groups excluding carboxylic acids is 1. The number of nitrogens with one attached hydrogen (secondary N) is 1. The Balaban J connectivity index is 2.21. The third-order valence-corrected chi connectivity index (χ3v) is 4.15. The molecule has 4 N–H and O–H groups in total. The number of benzene rings is 2. The molecule has 1 aliphatic rings. The van der Waals surface area contributed by atoms with Gasteiger partial charge in [0.15, 0.2) is 0 Å². The van der Waals surface area contributed by atoms with Crippen molar-refractivity contribution in [2.75, 3.05) is 13.1 Å². The summed E-state index contributed by atoms with van der Waals surface area (Å²) in [6, 6.07) is 12.7. The number of aromatic hydroxyl groups is 1. The second-order valence-electron chi connectivity index (χ2n) is 5.70. The fraction of sp³-hybridized carbons (Fsp3) is 0.211. The average Bonchev–Trinajstić information content (AvgIpc) is 2.56. The van der Waals surface area contributed by atoms with E-state index in [9.17, 15) is 9.90 Å². The van der Waals surface area contributed by atoms with Crippen LogP contribution in [-0.4, -0.2) is 24.1 Å². The number of nitrogens with two attached hydrogens (primary N) is 1. The lowest BCUT2D eigenvalue weighted by molar-refractivity contribution is 0.1000. The number of rotatable bonds is 3. The summed E-state index contributed by atoms with van der Waals surface area (Å²) in [5.74, 6) is -0.329. The van der Waals surface area contributed by atoms with Crippen LogP contribution in [0.15, 0.2) is 48.0 Å². The lowest BCUT2D eigenvalue weighted by Crippen LogP contribution is -2.23. The molecule has 118 valence electrons. The zero-order valence-corrected chi connectivity index (χ0v) is 12.9. The summed E-state index contributed by atoms with van der Waals surface area (Å²) < 4.78 is 0. The lowest BCUT2D eigenvalue weighted by atomic mass is 9.91. The minimum Gasteiger partial charge on any atom is -0.507 e. The summed E-state index contributed by atoms with van der Waals surface area (Å²) in [5, 5.41) is 13.7. The van der Waals surface area contributed by atoms with Crippen LogP contribution in [0.4, 0.5) is 0 Å². The number of carbonyl (C=O) groups is 1. The molecular weight excluding hydrogens is 288 g/mol. The van der Waals surface area contributed by atoms with Crippen LogP contribution in [0.3, 0.4) is 0 Å². The van der Waals surface area contributed by atoms with Crippen molar-refractivity contribution in [3.05, 3.63) is 59.2 Å². The Morgan fingerprint density at radius 2 is 1.78 bits per heavy atom. The van der Waals surface area contributed by atoms with Gasteiger partial charge in [-0.25, -0.2) is 0 Å². The monoisotopic (exact) mass is 308 g/mol. The molecule has 2 aromatic rings. The zero-order chi connectivity index (χ0) is 16.2. The van der Waals surface area contributed by atoms with E-state index in [0.717, 1.165) is 31.5 Å². The summed E-state index contributed by atoms with van der Waals surface area (Å²) in [5.41, 5.74) is 9.49. The number of phenolic OH excluding ortho intramolecular Hbond substituents is 1. The molecule has 1 fully saturated rings. The molecule has 4 nitrogen and oxygen atoms in total. The highest BCUT2D eigenvalue weighted by Crippen LogP contribution is 2.36. The standard InChI is InChI=1S/C19H20N2O2/c20-19(23)15-6-7-17(22)18(14-4-2-1-3-5-14)16(15)12-13-8-10-21-11-9-13/h1-7,12,21-22H,8-11H2,(H2,20,23). The summed E-state index contributed by atoms with van der Waals surface area (Å²) in [4.78, 5) is 11.9. The first kappa shape index (κ1) is 15.3. The van der Waals surface area contributed by atoms with Crippen molar-refractivity contribution >= 4 is 12.0 Å². The van der Waals surface area contributed by atoms with Gasteiger partial charge in [-0.1, -0.05) is 42.0 Å². The molecule has 23 heavy (non-hydrogen) atoms. The molecule has 0 aromatic heterocycles. The fourth-order valence-corrected chi connectivity index (χ4v) is 2.98. The maximum absolute atomic E-state index is 11.9. The Hall–Kier alpha value is -2.59. The highest BCUT2D eigenvalue weighted by Gasteiger charge is 2.17. The Kier molecular flexibility index (Phi) is 4.44. The largest absolute Gasteiger partial charge is 0.507 e. The van der Waals surface area contributed by atoms with Crippen molar-refractivity contribution in [2.45, 2.75) is 12.8 Å². The van der Waals surface area contributed by atoms with Crippen LogP contribution in [0.25, 0.3) is 17.2 Å². The Labute approximate surface area is 135 Å². The molecule has 0 bridgehead atoms. The second kappa shape index (κ2) is 6.67. The molecule has 2 aromatic carbocycles. The van der Waals surface area contributed by atoms with Crippen molar-refractivity contribution in [3.8, 4) is 16.9 Å². The van der Waals surface area contributed by atoms with Crippen LogP contribution in [0.2, 0.25) is 0 Å². The van der Waals surface area contributed by atoms with Gasteiger partial charge in [0.25, 0.3) is 0 Å². The first-order valence-electron chi connectivity index (χ1n) is 7.78. The summed E-state index contributed by atoms with van der Waals surface area (Å²) in [6.07, 6.45) is 3.88. The minimum absolute atomic E-state index is 0.155. The second-order valence-corrected chi connectivity index (χ2v) is 5.70. The highest BCUT2D eigenvalue weighted by molar-refractivity contribution is 6.00. The van der Waals surface area contributed by atoms with Crippen LogP contribution in [0.1, 0.15) is 28.8 Å². The molecule has 0 spiro atoms. The lowest BCUT2D eigenvalue weighted by Gasteiger charge is -2.18. The van der Waals surface area contributed by atoms with Crippen LogP contribution in [-0.2, 0) is 0 Å². The number of piperidine rings is 1. The van der Waals surface area contributed by atoms with Crippen molar-refractivity contribution in [1.29, 1.82) is 0 Å². The predicted octanol–water partition coefficient (Wildman–Crippen LogP) is 2.92. The Morgan fingerprint density at radius 3 is 2.43 bits per heavy atom. The van der Waals surface area contributed by atoms with Gasteiger partial charge in [0.05, 0.1) is 0 Å². The molecule has 1 aliphatic heterocycles. The number of hydrogen-bond donors (Lipinski definition) is 3. The van der Waals surface area contributed by atoms with Crippen LogP contribution in [0, 0.1) is 0 Å². The van der Waals surface area contributed by atoms with E-state index in [0.29, 0.717) is 16.7 Å². The maximum atomic E-state index is 11.9. The molecule has 0 aliphatic carbocycles. The van der Waals surface area contributed by atoms with Gasteiger partial charge in [-0.3, -0.25) is 4.79 Å². The van der Waals surface area contributed by atoms with Gasteiger partial charge in [0, 0.05) is 11.1 Å². The zero-order valence-electron chi connectivity index (χ0n) is 12.9.